The number of nitrogens with zero attached hydrogens (tertiary/aromatic N) is 1. The van der Waals surface area contributed by atoms with E-state index < -0.39 is 0 Å². The Kier molecular flexibility index (Phi) is 5.09. The Balaban J connectivity index is 1.62. The summed E-state index contributed by atoms with van der Waals surface area (Å²) in [5.41, 5.74) is 5.02. The topological polar surface area (TPSA) is 24.9 Å². The number of benzene rings is 3. The lowest BCUT2D eigenvalue weighted by molar-refractivity contribution is 0.590. The molecular formula is C23H20Cl2N2S. The molecule has 0 radical (unpaired) electrons. The molecule has 0 saturated heterocycles. The van der Waals surface area contributed by atoms with Crippen LogP contribution in [0.25, 0.3) is 20.8 Å². The second-order valence-electron chi connectivity index (χ2n) is 7.76. The SMILES string of the molecule is CC(C)(C)c1cc(Cl)c(Cl)c(Nc2ccc(-c3nc4ccccc4s3)cc2)c1. The molecule has 0 aliphatic heterocycles. The van der Waals surface area contributed by atoms with Gasteiger partial charge in [-0.2, -0.15) is 0 Å². The minimum Gasteiger partial charge on any atom is -0.354 e. The average Bonchev–Trinajstić information content (AvgIpc) is 3.09. The number of aromatic nitrogens is 1. The third-order valence-electron chi connectivity index (χ3n) is 4.60. The minimum atomic E-state index is -0.0125. The van der Waals surface area contributed by atoms with Crippen molar-refractivity contribution in [1.82, 2.24) is 4.98 Å². The molecule has 142 valence electrons. The number of anilines is 2. The standard InChI is InChI=1S/C23H20Cl2N2S/c1-23(2,3)15-12-17(24)21(25)19(13-15)26-16-10-8-14(9-11-16)22-27-18-6-4-5-7-20(18)28-22/h4-13,26H,1-3H3. The number of nitrogens with one attached hydrogen (secondary N) is 1. The number of fused-ring (bicyclic) bond motifs is 1. The fourth-order valence-electron chi connectivity index (χ4n) is 2.96. The van der Waals surface area contributed by atoms with Gasteiger partial charge in [-0.3, -0.25) is 0 Å². The number of rotatable bonds is 3. The van der Waals surface area contributed by atoms with Crippen LogP contribution in [0.3, 0.4) is 0 Å². The van der Waals surface area contributed by atoms with Crippen molar-refractivity contribution in [2.45, 2.75) is 26.2 Å². The highest BCUT2D eigenvalue weighted by molar-refractivity contribution is 7.21. The zero-order valence-corrected chi connectivity index (χ0v) is 18.2. The van der Waals surface area contributed by atoms with Crippen molar-refractivity contribution in [1.29, 1.82) is 0 Å². The molecule has 5 heteroatoms. The van der Waals surface area contributed by atoms with E-state index in [0.717, 1.165) is 33.0 Å². The van der Waals surface area contributed by atoms with Crippen molar-refractivity contribution in [3.05, 3.63) is 76.3 Å². The maximum Gasteiger partial charge on any atom is 0.124 e. The first-order valence-electron chi connectivity index (χ1n) is 9.04. The van der Waals surface area contributed by atoms with Gasteiger partial charge in [-0.15, -0.1) is 11.3 Å². The highest BCUT2D eigenvalue weighted by atomic mass is 35.5. The smallest absolute Gasteiger partial charge is 0.124 e. The molecule has 1 aromatic heterocycles. The van der Waals surface area contributed by atoms with Crippen molar-refractivity contribution in [3.63, 3.8) is 0 Å². The predicted molar refractivity (Wildman–Crippen MR) is 124 cm³/mol. The summed E-state index contributed by atoms with van der Waals surface area (Å²) in [5.74, 6) is 0. The molecule has 0 amide bonds. The molecule has 3 aromatic carbocycles. The van der Waals surface area contributed by atoms with Crippen molar-refractivity contribution < 1.29 is 0 Å². The van der Waals surface area contributed by atoms with Gasteiger partial charge in [0, 0.05) is 11.3 Å². The first-order valence-corrected chi connectivity index (χ1v) is 10.6. The number of hydrogen-bond donors (Lipinski definition) is 1. The van der Waals surface area contributed by atoms with E-state index in [1.54, 1.807) is 11.3 Å². The van der Waals surface area contributed by atoms with Crippen LogP contribution in [-0.4, -0.2) is 4.98 Å². The first-order chi connectivity index (χ1) is 13.3. The third kappa shape index (κ3) is 3.88. The minimum absolute atomic E-state index is 0.0125. The molecule has 2 nitrogen and oxygen atoms in total. The van der Waals surface area contributed by atoms with Gasteiger partial charge in [0.1, 0.15) is 5.01 Å². The van der Waals surface area contributed by atoms with Gasteiger partial charge in [0.05, 0.1) is 25.9 Å². The van der Waals surface area contributed by atoms with Crippen molar-refractivity contribution in [2.75, 3.05) is 5.32 Å². The Labute approximate surface area is 179 Å². The Morgan fingerprint density at radius 1 is 0.929 bits per heavy atom. The predicted octanol–water partition coefficient (Wildman–Crippen LogP) is 8.31. The lowest BCUT2D eigenvalue weighted by atomic mass is 9.87. The first kappa shape index (κ1) is 19.3. The van der Waals surface area contributed by atoms with E-state index in [0.29, 0.717) is 10.0 Å². The maximum atomic E-state index is 6.43. The van der Waals surface area contributed by atoms with Gasteiger partial charge in [-0.25, -0.2) is 4.98 Å². The van der Waals surface area contributed by atoms with Crippen molar-refractivity contribution in [2.24, 2.45) is 0 Å². The zero-order valence-electron chi connectivity index (χ0n) is 15.9. The van der Waals surface area contributed by atoms with Crippen molar-refractivity contribution >= 4 is 56.1 Å². The van der Waals surface area contributed by atoms with Gasteiger partial charge in [0.2, 0.25) is 0 Å². The van der Waals surface area contributed by atoms with E-state index in [9.17, 15) is 0 Å². The summed E-state index contributed by atoms with van der Waals surface area (Å²) < 4.78 is 1.19. The Morgan fingerprint density at radius 3 is 2.32 bits per heavy atom. The average molecular weight is 427 g/mol. The van der Waals surface area contributed by atoms with Crippen LogP contribution in [0.4, 0.5) is 11.4 Å². The highest BCUT2D eigenvalue weighted by Gasteiger charge is 2.18. The second-order valence-corrected chi connectivity index (χ2v) is 9.57. The van der Waals surface area contributed by atoms with Gasteiger partial charge < -0.3 is 5.32 Å². The molecule has 0 aliphatic rings. The lowest BCUT2D eigenvalue weighted by Crippen LogP contribution is -2.11. The van der Waals surface area contributed by atoms with Crippen LogP contribution in [-0.2, 0) is 5.41 Å². The molecule has 4 aromatic rings. The molecule has 28 heavy (non-hydrogen) atoms. The number of thiazole rings is 1. The Hall–Kier alpha value is -2.07. The Bertz CT molecular complexity index is 1110. The van der Waals surface area contributed by atoms with E-state index in [4.69, 9.17) is 28.2 Å². The summed E-state index contributed by atoms with van der Waals surface area (Å²) in [6.07, 6.45) is 0. The van der Waals surface area contributed by atoms with Crippen LogP contribution >= 0.6 is 34.5 Å². The molecule has 0 bridgehead atoms. The monoisotopic (exact) mass is 426 g/mol. The van der Waals surface area contributed by atoms with Crippen LogP contribution < -0.4 is 5.32 Å². The molecule has 0 atom stereocenters. The van der Waals surface area contributed by atoms with E-state index in [1.807, 2.05) is 36.4 Å². The summed E-state index contributed by atoms with van der Waals surface area (Å²) in [7, 11) is 0. The summed E-state index contributed by atoms with van der Waals surface area (Å²) >= 11 is 14.5. The summed E-state index contributed by atoms with van der Waals surface area (Å²) in [5, 5.41) is 5.50. The lowest BCUT2D eigenvalue weighted by Gasteiger charge is -2.21. The molecule has 0 spiro atoms. The fourth-order valence-corrected chi connectivity index (χ4v) is 4.31. The maximum absolute atomic E-state index is 6.43. The van der Waals surface area contributed by atoms with Crippen LogP contribution in [0, 0.1) is 0 Å². The summed E-state index contributed by atoms with van der Waals surface area (Å²) in [6.45, 7) is 6.47. The van der Waals surface area contributed by atoms with Gasteiger partial charge >= 0.3 is 0 Å². The molecule has 4 rings (SSSR count). The quantitative estimate of drug-likeness (QED) is 0.356. The molecule has 0 unspecified atom stereocenters. The van der Waals surface area contributed by atoms with Crippen molar-refractivity contribution in [3.8, 4) is 10.6 Å². The second kappa shape index (κ2) is 7.40. The van der Waals surface area contributed by atoms with E-state index in [1.165, 1.54) is 4.70 Å². The summed E-state index contributed by atoms with van der Waals surface area (Å²) in [4.78, 5) is 4.72. The fraction of sp³-hybridized carbons (Fsp3) is 0.174. The number of halogens is 2. The van der Waals surface area contributed by atoms with E-state index in [-0.39, 0.29) is 5.41 Å². The summed E-state index contributed by atoms with van der Waals surface area (Å²) in [6, 6.07) is 20.4. The molecule has 0 saturated carbocycles. The van der Waals surface area contributed by atoms with Crippen LogP contribution in [0.1, 0.15) is 26.3 Å². The van der Waals surface area contributed by atoms with Crippen LogP contribution in [0.15, 0.2) is 60.7 Å². The number of hydrogen-bond acceptors (Lipinski definition) is 3. The van der Waals surface area contributed by atoms with Crippen LogP contribution in [0.5, 0.6) is 0 Å². The third-order valence-corrected chi connectivity index (χ3v) is 6.49. The number of para-hydroxylation sites is 1. The van der Waals surface area contributed by atoms with E-state index >= 15 is 0 Å². The van der Waals surface area contributed by atoms with E-state index in [2.05, 4.69) is 50.4 Å². The molecule has 1 heterocycles. The Morgan fingerprint density at radius 2 is 1.64 bits per heavy atom. The van der Waals surface area contributed by atoms with Gasteiger partial charge in [-0.1, -0.05) is 56.1 Å². The van der Waals surface area contributed by atoms with Gasteiger partial charge in [0.15, 0.2) is 0 Å². The van der Waals surface area contributed by atoms with Crippen LogP contribution in [0.2, 0.25) is 10.0 Å². The largest absolute Gasteiger partial charge is 0.354 e. The zero-order chi connectivity index (χ0) is 19.9. The normalized spacial score (nSPS) is 11.8. The molecule has 0 fully saturated rings. The van der Waals surface area contributed by atoms with Gasteiger partial charge in [-0.05, 0) is 59.5 Å². The van der Waals surface area contributed by atoms with Gasteiger partial charge in [0.25, 0.3) is 0 Å². The molecule has 0 aliphatic carbocycles. The molecule has 1 N–H and O–H groups in total. The highest BCUT2D eigenvalue weighted by Crippen LogP contribution is 2.38. The molecular weight excluding hydrogens is 407 g/mol.